The Bertz CT molecular complexity index is 1350. The maximum atomic E-state index is 13.2. The molecule has 0 aromatic heterocycles. The van der Waals surface area contributed by atoms with Crippen LogP contribution in [-0.4, -0.2) is 65.4 Å². The monoisotopic (exact) mass is 561 g/mol. The number of esters is 1. The van der Waals surface area contributed by atoms with E-state index in [0.29, 0.717) is 42.3 Å². The van der Waals surface area contributed by atoms with Crippen LogP contribution in [0.3, 0.4) is 0 Å². The van der Waals surface area contributed by atoms with Crippen molar-refractivity contribution in [2.45, 2.75) is 31.7 Å². The Labute approximate surface area is 228 Å². The normalized spacial score (nSPS) is 23.3. The van der Waals surface area contributed by atoms with Gasteiger partial charge in [-0.05, 0) is 73.3 Å². The number of phenols is 1. The van der Waals surface area contributed by atoms with Crippen molar-refractivity contribution >= 4 is 16.0 Å². The highest BCUT2D eigenvalue weighted by Gasteiger charge is 2.53. The Morgan fingerprint density at radius 1 is 1.08 bits per heavy atom. The molecule has 1 fully saturated rings. The maximum Gasteiger partial charge on any atom is 0.310 e. The number of cyclic esters (lactones) is 1. The fraction of sp³-hybridized carbons (Fsp3) is 0.519. The summed E-state index contributed by atoms with van der Waals surface area (Å²) < 4.78 is 51.5. The lowest BCUT2D eigenvalue weighted by Crippen LogP contribution is -2.44. The number of methoxy groups -OCH3 is 1. The van der Waals surface area contributed by atoms with E-state index in [1.54, 1.807) is 19.1 Å². The molecule has 39 heavy (non-hydrogen) atoms. The Morgan fingerprint density at radius 3 is 2.54 bits per heavy atom. The third-order valence-corrected chi connectivity index (χ3v) is 9.07. The van der Waals surface area contributed by atoms with Crippen molar-refractivity contribution < 1.29 is 37.3 Å². The van der Waals surface area contributed by atoms with Crippen molar-refractivity contribution in [3.05, 3.63) is 46.5 Å². The van der Waals surface area contributed by atoms with Gasteiger partial charge in [0, 0.05) is 18.4 Å². The van der Waals surface area contributed by atoms with E-state index >= 15 is 0 Å². The number of carbonyl (C=O) groups is 1. The summed E-state index contributed by atoms with van der Waals surface area (Å²) in [5.74, 6) is -0.757. The van der Waals surface area contributed by atoms with Gasteiger partial charge in [-0.25, -0.2) is 13.1 Å². The molecule has 1 aliphatic carbocycles. The summed E-state index contributed by atoms with van der Waals surface area (Å²) in [5.41, 5.74) is 8.30. The number of hydrogen-bond acceptors (Lipinski definition) is 10. The van der Waals surface area contributed by atoms with Gasteiger partial charge in [-0.1, -0.05) is 6.07 Å². The summed E-state index contributed by atoms with van der Waals surface area (Å²) in [7, 11) is -2.25. The van der Waals surface area contributed by atoms with E-state index in [9.17, 15) is 18.3 Å². The lowest BCUT2D eigenvalue weighted by molar-refractivity contribution is -0.141. The Morgan fingerprint density at radius 2 is 1.82 bits per heavy atom. The quantitative estimate of drug-likeness (QED) is 0.235. The van der Waals surface area contributed by atoms with E-state index in [1.807, 2.05) is 12.1 Å². The first-order chi connectivity index (χ1) is 18.7. The summed E-state index contributed by atoms with van der Waals surface area (Å²) >= 11 is 0. The molecule has 5 rings (SSSR count). The van der Waals surface area contributed by atoms with Gasteiger partial charge in [-0.15, -0.1) is 0 Å². The van der Waals surface area contributed by atoms with Crippen LogP contribution < -0.4 is 30.0 Å². The number of nitrogens with one attached hydrogen (secondary N) is 2. The molecule has 212 valence electrons. The number of benzene rings is 2. The zero-order valence-electron chi connectivity index (χ0n) is 22.1. The number of hydrogen-bond donors (Lipinski definition) is 4. The van der Waals surface area contributed by atoms with Gasteiger partial charge in [0.15, 0.2) is 23.0 Å². The van der Waals surface area contributed by atoms with Crippen molar-refractivity contribution in [2.24, 2.45) is 17.6 Å². The second-order valence-electron chi connectivity index (χ2n) is 10.2. The SMILES string of the molecule is COc1cc(C2c3cc4c(cc3[C@@H](NS(=O)(=O)CCNCCCCN)[C@H]3COC(=O)[C@H]23)OCO4)cc(C)c1O. The molecule has 4 atom stereocenters. The van der Waals surface area contributed by atoms with E-state index < -0.39 is 39.8 Å². The highest BCUT2D eigenvalue weighted by molar-refractivity contribution is 7.89. The number of ether oxygens (including phenoxy) is 4. The van der Waals surface area contributed by atoms with Gasteiger partial charge < -0.3 is 35.1 Å². The molecule has 2 aromatic carbocycles. The highest BCUT2D eigenvalue weighted by Crippen LogP contribution is 2.55. The minimum Gasteiger partial charge on any atom is -0.504 e. The minimum atomic E-state index is -3.72. The molecule has 2 aliphatic heterocycles. The number of aryl methyl sites for hydroxylation is 1. The molecule has 0 radical (unpaired) electrons. The van der Waals surface area contributed by atoms with Crippen molar-refractivity contribution in [1.82, 2.24) is 10.0 Å². The zero-order valence-corrected chi connectivity index (χ0v) is 22.9. The molecular formula is C27H35N3O8S. The Kier molecular flexibility index (Phi) is 7.90. The number of sulfonamides is 1. The largest absolute Gasteiger partial charge is 0.504 e. The zero-order chi connectivity index (χ0) is 27.7. The van der Waals surface area contributed by atoms with E-state index in [1.165, 1.54) is 7.11 Å². The first kappa shape index (κ1) is 27.5. The standard InChI is InChI=1S/C27H35N3O8S/c1-15-9-16(10-22(35-2)26(15)31)23-17-11-20-21(38-14-37-20)12-18(17)25(19-13-36-27(32)24(19)23)30-39(33,34)8-7-29-6-4-3-5-28/h9-12,19,23-25,29-31H,3-8,13-14,28H2,1-2H3/t19-,23?,24-,25+/m0/s1. The van der Waals surface area contributed by atoms with Gasteiger partial charge in [0.1, 0.15) is 0 Å². The summed E-state index contributed by atoms with van der Waals surface area (Å²) in [6, 6.07) is 6.45. The van der Waals surface area contributed by atoms with E-state index in [2.05, 4.69) is 10.0 Å². The predicted octanol–water partition coefficient (Wildman–Crippen LogP) is 1.66. The minimum absolute atomic E-state index is 0.0239. The van der Waals surface area contributed by atoms with Crippen LogP contribution in [0.1, 0.15) is 47.1 Å². The molecule has 2 aromatic rings. The summed E-state index contributed by atoms with van der Waals surface area (Å²) in [6.45, 7) is 3.47. The van der Waals surface area contributed by atoms with Gasteiger partial charge in [-0.2, -0.15) is 0 Å². The van der Waals surface area contributed by atoms with Crippen molar-refractivity contribution in [2.75, 3.05) is 45.9 Å². The first-order valence-electron chi connectivity index (χ1n) is 13.1. The molecule has 11 nitrogen and oxygen atoms in total. The van der Waals surface area contributed by atoms with Crippen LogP contribution in [0.5, 0.6) is 23.0 Å². The number of fused-ring (bicyclic) bond motifs is 3. The molecule has 1 saturated heterocycles. The number of nitrogens with two attached hydrogens (primary N) is 1. The molecule has 1 unspecified atom stereocenters. The van der Waals surface area contributed by atoms with E-state index in [-0.39, 0.29) is 30.7 Å². The summed E-state index contributed by atoms with van der Waals surface area (Å²) in [6.07, 6.45) is 1.75. The number of unbranched alkanes of at least 4 members (excludes halogenated alkanes) is 1. The van der Waals surface area contributed by atoms with Crippen molar-refractivity contribution in [3.8, 4) is 23.0 Å². The molecule has 0 amide bonds. The van der Waals surface area contributed by atoms with Crippen LogP contribution in [0, 0.1) is 18.8 Å². The van der Waals surface area contributed by atoms with Gasteiger partial charge >= 0.3 is 5.97 Å². The number of rotatable bonds is 11. The molecule has 0 saturated carbocycles. The summed E-state index contributed by atoms with van der Waals surface area (Å²) in [4.78, 5) is 13.2. The average molecular weight is 562 g/mol. The molecule has 0 bridgehead atoms. The Hall–Kier alpha value is -3.06. The summed E-state index contributed by atoms with van der Waals surface area (Å²) in [5, 5.41) is 13.6. The highest BCUT2D eigenvalue weighted by atomic mass is 32.2. The van der Waals surface area contributed by atoms with Crippen LogP contribution in [0.25, 0.3) is 0 Å². The van der Waals surface area contributed by atoms with E-state index in [0.717, 1.165) is 24.0 Å². The molecule has 3 aliphatic rings. The maximum absolute atomic E-state index is 13.2. The third kappa shape index (κ3) is 5.38. The smallest absolute Gasteiger partial charge is 0.310 e. The molecule has 2 heterocycles. The first-order valence-corrected chi connectivity index (χ1v) is 14.8. The Balaban J connectivity index is 1.53. The average Bonchev–Trinajstić information content (AvgIpc) is 3.53. The second-order valence-corrected chi connectivity index (χ2v) is 12.1. The topological polar surface area (TPSA) is 158 Å². The molecular weight excluding hydrogens is 526 g/mol. The third-order valence-electron chi connectivity index (χ3n) is 7.72. The van der Waals surface area contributed by atoms with E-state index in [4.69, 9.17) is 24.7 Å². The van der Waals surface area contributed by atoms with Gasteiger partial charge in [0.2, 0.25) is 16.8 Å². The fourth-order valence-electron chi connectivity index (χ4n) is 5.80. The van der Waals surface area contributed by atoms with Crippen LogP contribution in [0.15, 0.2) is 24.3 Å². The van der Waals surface area contributed by atoms with Crippen LogP contribution in [-0.2, 0) is 19.6 Å². The second kappa shape index (κ2) is 11.2. The van der Waals surface area contributed by atoms with Crippen molar-refractivity contribution in [1.29, 1.82) is 0 Å². The van der Waals surface area contributed by atoms with Gasteiger partial charge in [0.25, 0.3) is 0 Å². The molecule has 5 N–H and O–H groups in total. The van der Waals surface area contributed by atoms with Gasteiger partial charge in [-0.3, -0.25) is 4.79 Å². The molecule has 12 heteroatoms. The lowest BCUT2D eigenvalue weighted by Gasteiger charge is -2.39. The predicted molar refractivity (Wildman–Crippen MR) is 143 cm³/mol. The van der Waals surface area contributed by atoms with Gasteiger partial charge in [0.05, 0.1) is 31.4 Å². The fourth-order valence-corrected chi connectivity index (χ4v) is 7.02. The lowest BCUT2D eigenvalue weighted by atomic mass is 9.65. The van der Waals surface area contributed by atoms with Crippen LogP contribution in [0.2, 0.25) is 0 Å². The van der Waals surface area contributed by atoms with Crippen LogP contribution >= 0.6 is 0 Å². The van der Waals surface area contributed by atoms with Crippen molar-refractivity contribution in [3.63, 3.8) is 0 Å². The number of aromatic hydroxyl groups is 1. The number of phenolic OH excluding ortho intramolecular Hbond substituents is 1. The molecule has 0 spiro atoms. The van der Waals surface area contributed by atoms with Crippen LogP contribution in [0.4, 0.5) is 0 Å². The number of carbonyl (C=O) groups excluding carboxylic acids is 1.